The van der Waals surface area contributed by atoms with E-state index < -0.39 is 6.09 Å². The first-order chi connectivity index (χ1) is 6.58. The van der Waals surface area contributed by atoms with Crippen LogP contribution in [0.3, 0.4) is 0 Å². The largest absolute Gasteiger partial charge is 0.446 e. The van der Waals surface area contributed by atoms with Crippen molar-refractivity contribution in [3.8, 4) is 0 Å². The van der Waals surface area contributed by atoms with Crippen LogP contribution in [-0.2, 0) is 11.2 Å². The molecule has 0 aromatic heterocycles. The second kappa shape index (κ2) is 5.00. The van der Waals surface area contributed by atoms with Gasteiger partial charge in [-0.05, 0) is 24.6 Å². The smallest absolute Gasteiger partial charge is 0.404 e. The Kier molecular flexibility index (Phi) is 3.95. The molecule has 0 aliphatic carbocycles. The molecule has 0 fully saturated rings. The Morgan fingerprint density at radius 3 is 2.57 bits per heavy atom. The van der Waals surface area contributed by atoms with Crippen molar-refractivity contribution in [2.75, 3.05) is 0 Å². The van der Waals surface area contributed by atoms with Crippen molar-refractivity contribution in [3.63, 3.8) is 0 Å². The minimum absolute atomic E-state index is 0.186. The maximum Gasteiger partial charge on any atom is 0.404 e. The first kappa shape index (κ1) is 11.0. The molecule has 1 amide bonds. The van der Waals surface area contributed by atoms with Crippen molar-refractivity contribution in [3.05, 3.63) is 34.3 Å². The molecule has 0 saturated carbocycles. The average Bonchev–Trinajstić information content (AvgIpc) is 2.07. The van der Waals surface area contributed by atoms with E-state index in [-0.39, 0.29) is 6.10 Å². The summed E-state index contributed by atoms with van der Waals surface area (Å²) in [5.74, 6) is 0. The monoisotopic (exact) mass is 257 g/mol. The Labute approximate surface area is 91.4 Å². The molecule has 0 heterocycles. The van der Waals surface area contributed by atoms with Crippen molar-refractivity contribution in [1.29, 1.82) is 0 Å². The minimum atomic E-state index is -0.727. The van der Waals surface area contributed by atoms with Crippen LogP contribution >= 0.6 is 15.9 Å². The summed E-state index contributed by atoms with van der Waals surface area (Å²) < 4.78 is 5.84. The number of benzene rings is 1. The molecular formula is C10H12BrNO2. The number of carbonyl (C=O) groups is 1. The van der Waals surface area contributed by atoms with Crippen LogP contribution in [0.15, 0.2) is 28.7 Å². The summed E-state index contributed by atoms with van der Waals surface area (Å²) in [4.78, 5) is 10.4. The maximum atomic E-state index is 10.4. The Balaban J connectivity index is 2.51. The summed E-state index contributed by atoms with van der Waals surface area (Å²) in [7, 11) is 0. The van der Waals surface area contributed by atoms with E-state index in [9.17, 15) is 4.79 Å². The van der Waals surface area contributed by atoms with Gasteiger partial charge >= 0.3 is 6.09 Å². The lowest BCUT2D eigenvalue weighted by Crippen LogP contribution is -2.21. The normalized spacial score (nSPS) is 12.1. The highest BCUT2D eigenvalue weighted by Gasteiger charge is 2.06. The molecule has 1 rings (SSSR count). The van der Waals surface area contributed by atoms with Crippen molar-refractivity contribution in [2.24, 2.45) is 5.73 Å². The highest BCUT2D eigenvalue weighted by Crippen LogP contribution is 2.12. The van der Waals surface area contributed by atoms with Crippen LogP contribution in [0.1, 0.15) is 12.5 Å². The number of nitrogens with two attached hydrogens (primary N) is 1. The molecule has 3 nitrogen and oxygen atoms in total. The summed E-state index contributed by atoms with van der Waals surface area (Å²) in [6.45, 7) is 1.81. The van der Waals surface area contributed by atoms with Crippen LogP contribution in [0, 0.1) is 0 Å². The van der Waals surface area contributed by atoms with Crippen LogP contribution in [0.25, 0.3) is 0 Å². The minimum Gasteiger partial charge on any atom is -0.446 e. The number of amides is 1. The third kappa shape index (κ3) is 3.79. The summed E-state index contributed by atoms with van der Waals surface area (Å²) >= 11 is 3.35. The predicted octanol–water partition coefficient (Wildman–Crippen LogP) is 2.48. The molecular weight excluding hydrogens is 246 g/mol. The van der Waals surface area contributed by atoms with Crippen molar-refractivity contribution in [2.45, 2.75) is 19.4 Å². The first-order valence-electron chi connectivity index (χ1n) is 4.28. The Hall–Kier alpha value is -1.03. The standard InChI is InChI=1S/C10H12BrNO2/c1-7(14-10(12)13)6-8-2-4-9(11)5-3-8/h2-5,7H,6H2,1H3,(H2,12,13). The van der Waals surface area contributed by atoms with Crippen molar-refractivity contribution < 1.29 is 9.53 Å². The van der Waals surface area contributed by atoms with Gasteiger partial charge in [0.05, 0.1) is 0 Å². The molecule has 0 aliphatic heterocycles. The van der Waals surface area contributed by atoms with Gasteiger partial charge in [-0.2, -0.15) is 0 Å². The summed E-state index contributed by atoms with van der Waals surface area (Å²) in [5, 5.41) is 0. The van der Waals surface area contributed by atoms with Gasteiger partial charge in [0.1, 0.15) is 6.10 Å². The van der Waals surface area contributed by atoms with Crippen LogP contribution < -0.4 is 5.73 Å². The van der Waals surface area contributed by atoms with Crippen LogP contribution in [-0.4, -0.2) is 12.2 Å². The number of primary amides is 1. The Bertz CT molecular complexity index is 310. The zero-order valence-electron chi connectivity index (χ0n) is 7.87. The van der Waals surface area contributed by atoms with Crippen molar-refractivity contribution in [1.82, 2.24) is 0 Å². The highest BCUT2D eigenvalue weighted by atomic mass is 79.9. The van der Waals surface area contributed by atoms with Gasteiger partial charge in [-0.1, -0.05) is 28.1 Å². The fraction of sp³-hybridized carbons (Fsp3) is 0.300. The maximum absolute atomic E-state index is 10.4. The van der Waals surface area contributed by atoms with E-state index in [0.717, 1.165) is 10.0 Å². The molecule has 0 radical (unpaired) electrons. The van der Waals surface area contributed by atoms with Gasteiger partial charge in [0.25, 0.3) is 0 Å². The van der Waals surface area contributed by atoms with E-state index in [1.54, 1.807) is 0 Å². The van der Waals surface area contributed by atoms with Crippen LogP contribution in [0.4, 0.5) is 4.79 Å². The SMILES string of the molecule is CC(Cc1ccc(Br)cc1)OC(N)=O. The molecule has 1 aromatic rings. The molecule has 2 N–H and O–H groups in total. The van der Waals surface area contributed by atoms with Gasteiger partial charge in [0.15, 0.2) is 0 Å². The molecule has 0 spiro atoms. The second-order valence-corrected chi connectivity index (χ2v) is 3.99. The number of hydrogen-bond donors (Lipinski definition) is 1. The molecule has 1 aromatic carbocycles. The van der Waals surface area contributed by atoms with Gasteiger partial charge in [0, 0.05) is 10.9 Å². The number of hydrogen-bond acceptors (Lipinski definition) is 2. The zero-order chi connectivity index (χ0) is 10.6. The number of rotatable bonds is 3. The van der Waals surface area contributed by atoms with E-state index in [0.29, 0.717) is 6.42 Å². The number of halogens is 1. The fourth-order valence-corrected chi connectivity index (χ4v) is 1.46. The molecule has 0 aliphatic rings. The molecule has 1 unspecified atom stereocenters. The first-order valence-corrected chi connectivity index (χ1v) is 5.08. The van der Waals surface area contributed by atoms with E-state index in [1.807, 2.05) is 31.2 Å². The quantitative estimate of drug-likeness (QED) is 0.905. The van der Waals surface area contributed by atoms with Crippen molar-refractivity contribution >= 4 is 22.0 Å². The summed E-state index contributed by atoms with van der Waals surface area (Å²) in [6.07, 6.45) is -0.237. The fourth-order valence-electron chi connectivity index (χ4n) is 1.19. The van der Waals surface area contributed by atoms with Gasteiger partial charge in [0.2, 0.25) is 0 Å². The summed E-state index contributed by atoms with van der Waals surface area (Å²) in [6, 6.07) is 7.86. The molecule has 1 atom stereocenters. The van der Waals surface area contributed by atoms with Gasteiger partial charge < -0.3 is 10.5 Å². The molecule has 4 heteroatoms. The predicted molar refractivity (Wildman–Crippen MR) is 58.0 cm³/mol. The topological polar surface area (TPSA) is 52.3 Å². The number of ether oxygens (including phenoxy) is 1. The van der Waals surface area contributed by atoms with Crippen LogP contribution in [0.2, 0.25) is 0 Å². The lowest BCUT2D eigenvalue weighted by Gasteiger charge is -2.10. The highest BCUT2D eigenvalue weighted by molar-refractivity contribution is 9.10. The molecule has 0 saturated heterocycles. The molecule has 76 valence electrons. The van der Waals surface area contributed by atoms with E-state index in [1.165, 1.54) is 0 Å². The third-order valence-electron chi connectivity index (χ3n) is 1.75. The average molecular weight is 258 g/mol. The molecule has 0 bridgehead atoms. The Morgan fingerprint density at radius 1 is 1.50 bits per heavy atom. The van der Waals surface area contributed by atoms with E-state index in [2.05, 4.69) is 15.9 Å². The van der Waals surface area contributed by atoms with Gasteiger partial charge in [-0.25, -0.2) is 4.79 Å². The molecule has 14 heavy (non-hydrogen) atoms. The lowest BCUT2D eigenvalue weighted by atomic mass is 10.1. The summed E-state index contributed by atoms with van der Waals surface area (Å²) in [5.41, 5.74) is 6.02. The van der Waals surface area contributed by atoms with E-state index >= 15 is 0 Å². The zero-order valence-corrected chi connectivity index (χ0v) is 9.45. The van der Waals surface area contributed by atoms with Crippen LogP contribution in [0.5, 0.6) is 0 Å². The third-order valence-corrected chi connectivity index (χ3v) is 2.28. The van der Waals surface area contributed by atoms with Gasteiger partial charge in [-0.3, -0.25) is 0 Å². The lowest BCUT2D eigenvalue weighted by molar-refractivity contribution is 0.116. The Morgan fingerprint density at radius 2 is 2.07 bits per heavy atom. The van der Waals surface area contributed by atoms with Gasteiger partial charge in [-0.15, -0.1) is 0 Å². The van der Waals surface area contributed by atoms with E-state index in [4.69, 9.17) is 10.5 Å². The number of carbonyl (C=O) groups excluding carboxylic acids is 1. The second-order valence-electron chi connectivity index (χ2n) is 3.08.